The molecule has 0 radical (unpaired) electrons. The van der Waals surface area contributed by atoms with Gasteiger partial charge in [-0.05, 0) is 25.0 Å². The topological polar surface area (TPSA) is 94.0 Å². The van der Waals surface area contributed by atoms with Gasteiger partial charge in [0.2, 0.25) is 0 Å². The molecule has 0 saturated heterocycles. The number of nitrogens with two attached hydrogens (primary N) is 1. The van der Waals surface area contributed by atoms with Gasteiger partial charge in [-0.1, -0.05) is 19.0 Å². The van der Waals surface area contributed by atoms with Crippen molar-refractivity contribution < 1.29 is 9.32 Å². The van der Waals surface area contributed by atoms with Crippen molar-refractivity contribution in [1.82, 2.24) is 15.5 Å². The second-order valence-electron chi connectivity index (χ2n) is 5.06. The number of amides is 1. The molecule has 23 heavy (non-hydrogen) atoms. The lowest BCUT2D eigenvalue weighted by molar-refractivity contribution is 0.0933. The molecular formula is C15H22Cl2N4O2. The fourth-order valence-electron chi connectivity index (χ4n) is 1.88. The van der Waals surface area contributed by atoms with Gasteiger partial charge in [0.25, 0.3) is 5.91 Å². The molecule has 3 N–H and O–H groups in total. The summed E-state index contributed by atoms with van der Waals surface area (Å²) < 4.78 is 5.19. The number of carbonyl (C=O) groups excluding carboxylic acids is 1. The lowest BCUT2D eigenvalue weighted by Crippen LogP contribution is -2.49. The molecule has 2 aromatic heterocycles. The van der Waals surface area contributed by atoms with Crippen LogP contribution in [0.2, 0.25) is 0 Å². The van der Waals surface area contributed by atoms with Gasteiger partial charge in [-0.2, -0.15) is 0 Å². The van der Waals surface area contributed by atoms with Crippen molar-refractivity contribution in [3.63, 3.8) is 0 Å². The monoisotopic (exact) mass is 360 g/mol. The highest BCUT2D eigenvalue weighted by Crippen LogP contribution is 2.19. The van der Waals surface area contributed by atoms with Crippen LogP contribution < -0.4 is 11.1 Å². The standard InChI is InChI=1S/C15H20N4O2.2ClH/c1-3-15(16,4-2)10-18-14(20)12-9-13(21-19-12)11-5-7-17-8-6-11;;/h5-9H,3-4,10,16H2,1-2H3,(H,18,20);2*1H. The average molecular weight is 361 g/mol. The fourth-order valence-corrected chi connectivity index (χ4v) is 1.88. The highest BCUT2D eigenvalue weighted by atomic mass is 35.5. The van der Waals surface area contributed by atoms with E-state index < -0.39 is 0 Å². The van der Waals surface area contributed by atoms with Gasteiger partial charge in [0, 0.05) is 36.1 Å². The molecule has 0 fully saturated rings. The van der Waals surface area contributed by atoms with Crippen LogP contribution in [-0.2, 0) is 0 Å². The van der Waals surface area contributed by atoms with Crippen molar-refractivity contribution in [3.05, 3.63) is 36.3 Å². The summed E-state index contributed by atoms with van der Waals surface area (Å²) in [6.45, 7) is 4.43. The molecule has 2 rings (SSSR count). The van der Waals surface area contributed by atoms with Crippen molar-refractivity contribution in [3.8, 4) is 11.3 Å². The largest absolute Gasteiger partial charge is 0.355 e. The first-order chi connectivity index (χ1) is 10.1. The molecular weight excluding hydrogens is 339 g/mol. The highest BCUT2D eigenvalue weighted by Gasteiger charge is 2.22. The van der Waals surface area contributed by atoms with Gasteiger partial charge in [0.05, 0.1) is 0 Å². The molecule has 0 bridgehead atoms. The van der Waals surface area contributed by atoms with E-state index in [1.165, 1.54) is 0 Å². The maximum atomic E-state index is 12.1. The van der Waals surface area contributed by atoms with Crippen LogP contribution in [0.1, 0.15) is 37.2 Å². The number of carbonyl (C=O) groups is 1. The number of hydrogen-bond acceptors (Lipinski definition) is 5. The second kappa shape index (κ2) is 9.50. The summed E-state index contributed by atoms with van der Waals surface area (Å²) in [5.74, 6) is 0.253. The summed E-state index contributed by atoms with van der Waals surface area (Å²) in [5, 5.41) is 6.60. The normalized spacial score (nSPS) is 10.4. The van der Waals surface area contributed by atoms with Gasteiger partial charge in [0.1, 0.15) is 0 Å². The quantitative estimate of drug-likeness (QED) is 0.825. The first kappa shape index (κ1) is 21.4. The van der Waals surface area contributed by atoms with E-state index in [2.05, 4.69) is 15.5 Å². The van der Waals surface area contributed by atoms with Gasteiger partial charge in [-0.25, -0.2) is 0 Å². The zero-order valence-electron chi connectivity index (χ0n) is 13.1. The summed E-state index contributed by atoms with van der Waals surface area (Å²) in [4.78, 5) is 16.0. The van der Waals surface area contributed by atoms with Crippen molar-refractivity contribution in [2.75, 3.05) is 6.54 Å². The number of pyridine rings is 1. The van der Waals surface area contributed by atoms with Crippen molar-refractivity contribution in [2.45, 2.75) is 32.2 Å². The third-order valence-corrected chi connectivity index (χ3v) is 3.72. The van der Waals surface area contributed by atoms with Crippen molar-refractivity contribution in [2.24, 2.45) is 5.73 Å². The molecule has 0 aliphatic rings. The maximum absolute atomic E-state index is 12.1. The summed E-state index contributed by atoms with van der Waals surface area (Å²) >= 11 is 0. The molecule has 1 amide bonds. The van der Waals surface area contributed by atoms with Crippen LogP contribution in [0, 0.1) is 0 Å². The number of rotatable bonds is 6. The minimum absolute atomic E-state index is 0. The Morgan fingerprint density at radius 3 is 2.43 bits per heavy atom. The molecule has 2 heterocycles. The lowest BCUT2D eigenvalue weighted by Gasteiger charge is -2.26. The SMILES string of the molecule is CCC(N)(CC)CNC(=O)c1cc(-c2ccncc2)on1.Cl.Cl. The highest BCUT2D eigenvalue weighted by molar-refractivity contribution is 5.93. The molecule has 0 unspecified atom stereocenters. The number of halogens is 2. The Bertz CT molecular complexity index is 601. The predicted molar refractivity (Wildman–Crippen MR) is 94.1 cm³/mol. The third kappa shape index (κ3) is 5.49. The van der Waals surface area contributed by atoms with E-state index in [0.717, 1.165) is 18.4 Å². The Kier molecular flexibility index (Phi) is 8.82. The van der Waals surface area contributed by atoms with Crippen LogP contribution in [0.4, 0.5) is 0 Å². The second-order valence-corrected chi connectivity index (χ2v) is 5.06. The molecule has 0 spiro atoms. The van der Waals surface area contributed by atoms with E-state index in [9.17, 15) is 4.79 Å². The number of nitrogens with one attached hydrogen (secondary N) is 1. The van der Waals surface area contributed by atoms with Crippen LogP contribution in [0.5, 0.6) is 0 Å². The first-order valence-corrected chi connectivity index (χ1v) is 7.02. The molecule has 0 saturated carbocycles. The predicted octanol–water partition coefficient (Wildman–Crippen LogP) is 2.83. The molecule has 0 aliphatic heterocycles. The summed E-state index contributed by atoms with van der Waals surface area (Å²) in [6, 6.07) is 5.20. The van der Waals surface area contributed by atoms with E-state index in [4.69, 9.17) is 10.3 Å². The molecule has 2 aromatic rings. The van der Waals surface area contributed by atoms with Gasteiger partial charge in [-0.15, -0.1) is 24.8 Å². The molecule has 6 nitrogen and oxygen atoms in total. The molecule has 8 heteroatoms. The Labute approximate surface area is 148 Å². The Morgan fingerprint density at radius 1 is 1.26 bits per heavy atom. The van der Waals surface area contributed by atoms with E-state index in [-0.39, 0.29) is 42.0 Å². The molecule has 128 valence electrons. The van der Waals surface area contributed by atoms with Gasteiger partial charge < -0.3 is 15.6 Å². The number of nitrogens with zero attached hydrogens (tertiary/aromatic N) is 2. The summed E-state index contributed by atoms with van der Waals surface area (Å²) in [5.41, 5.74) is 6.84. The maximum Gasteiger partial charge on any atom is 0.273 e. The smallest absolute Gasteiger partial charge is 0.273 e. The van der Waals surface area contributed by atoms with Crippen LogP contribution in [-0.4, -0.2) is 28.1 Å². The number of hydrogen-bond donors (Lipinski definition) is 2. The third-order valence-electron chi connectivity index (χ3n) is 3.72. The Balaban J connectivity index is 0.00000242. The Hall–Kier alpha value is -1.63. The zero-order valence-corrected chi connectivity index (χ0v) is 14.7. The van der Waals surface area contributed by atoms with Crippen molar-refractivity contribution >= 4 is 30.7 Å². The van der Waals surface area contributed by atoms with Crippen LogP contribution in [0.3, 0.4) is 0 Å². The van der Waals surface area contributed by atoms with Gasteiger partial charge in [0.15, 0.2) is 11.5 Å². The molecule has 0 aliphatic carbocycles. The van der Waals surface area contributed by atoms with E-state index in [1.807, 2.05) is 13.8 Å². The zero-order chi connectivity index (χ0) is 15.3. The average Bonchev–Trinajstić information content (AvgIpc) is 3.03. The fraction of sp³-hybridized carbons (Fsp3) is 0.400. The Morgan fingerprint density at radius 2 is 1.87 bits per heavy atom. The van der Waals surface area contributed by atoms with Gasteiger partial charge >= 0.3 is 0 Å². The summed E-state index contributed by atoms with van der Waals surface area (Å²) in [7, 11) is 0. The summed E-state index contributed by atoms with van der Waals surface area (Å²) in [6.07, 6.45) is 4.90. The molecule has 0 aromatic carbocycles. The lowest BCUT2D eigenvalue weighted by atomic mass is 9.94. The van der Waals surface area contributed by atoms with Crippen LogP contribution in [0.15, 0.2) is 35.1 Å². The van der Waals surface area contributed by atoms with Gasteiger partial charge in [-0.3, -0.25) is 9.78 Å². The van der Waals surface area contributed by atoms with Crippen molar-refractivity contribution in [1.29, 1.82) is 0 Å². The minimum atomic E-state index is -0.382. The van der Waals surface area contributed by atoms with Crippen LogP contribution >= 0.6 is 24.8 Å². The van der Waals surface area contributed by atoms with E-state index >= 15 is 0 Å². The number of aromatic nitrogens is 2. The first-order valence-electron chi connectivity index (χ1n) is 7.02. The van der Waals surface area contributed by atoms with Crippen LogP contribution in [0.25, 0.3) is 11.3 Å². The minimum Gasteiger partial charge on any atom is -0.355 e. The van der Waals surface area contributed by atoms with E-state index in [0.29, 0.717) is 12.3 Å². The van der Waals surface area contributed by atoms with E-state index in [1.54, 1.807) is 30.6 Å². The molecule has 0 atom stereocenters.